The number of guanidine groups is 1. The molecule has 1 aliphatic rings. The molecule has 0 spiro atoms. The van der Waals surface area contributed by atoms with Crippen molar-refractivity contribution in [1.29, 1.82) is 0 Å². The van der Waals surface area contributed by atoms with Crippen molar-refractivity contribution in [1.82, 2.24) is 20.4 Å². The molecule has 1 aliphatic heterocycles. The van der Waals surface area contributed by atoms with Crippen LogP contribution in [0.5, 0.6) is 5.75 Å². The maximum absolute atomic E-state index is 5.64. The quantitative estimate of drug-likeness (QED) is 0.476. The smallest absolute Gasteiger partial charge is 0.191 e. The van der Waals surface area contributed by atoms with E-state index in [1.54, 1.807) is 7.11 Å². The summed E-state index contributed by atoms with van der Waals surface area (Å²) < 4.78 is 5.64. The van der Waals surface area contributed by atoms with Crippen molar-refractivity contribution >= 4 is 5.96 Å². The van der Waals surface area contributed by atoms with Crippen LogP contribution in [0.25, 0.3) is 0 Å². The van der Waals surface area contributed by atoms with E-state index in [0.29, 0.717) is 6.04 Å². The van der Waals surface area contributed by atoms with Gasteiger partial charge in [0.1, 0.15) is 5.75 Å². The van der Waals surface area contributed by atoms with Crippen molar-refractivity contribution in [2.45, 2.75) is 45.7 Å². The highest BCUT2D eigenvalue weighted by atomic mass is 16.5. The van der Waals surface area contributed by atoms with E-state index >= 15 is 0 Å². The second-order valence-corrected chi connectivity index (χ2v) is 7.41. The average Bonchev–Trinajstić information content (AvgIpc) is 3.26. The molecule has 0 saturated carbocycles. The third-order valence-corrected chi connectivity index (χ3v) is 5.77. The van der Waals surface area contributed by atoms with Crippen LogP contribution in [0.3, 0.4) is 0 Å². The summed E-state index contributed by atoms with van der Waals surface area (Å²) in [4.78, 5) is 9.43. The number of nitrogens with one attached hydrogen (secondary N) is 2. The summed E-state index contributed by atoms with van der Waals surface area (Å²) in [6.07, 6.45) is 2.53. The van der Waals surface area contributed by atoms with Crippen molar-refractivity contribution in [2.75, 3.05) is 53.4 Å². The molecule has 2 rings (SSSR count). The lowest BCUT2D eigenvalue weighted by Crippen LogP contribution is -2.47. The van der Waals surface area contributed by atoms with Gasteiger partial charge in [0.25, 0.3) is 0 Å². The van der Waals surface area contributed by atoms with Crippen LogP contribution in [-0.2, 0) is 0 Å². The van der Waals surface area contributed by atoms with Gasteiger partial charge in [-0.1, -0.05) is 32.0 Å². The molecule has 0 bridgehead atoms. The van der Waals surface area contributed by atoms with Crippen LogP contribution in [0.1, 0.15) is 45.2 Å². The van der Waals surface area contributed by atoms with Crippen LogP contribution in [-0.4, -0.2) is 75.2 Å². The molecule has 1 heterocycles. The molecule has 1 aromatic carbocycles. The molecule has 28 heavy (non-hydrogen) atoms. The molecule has 2 unspecified atom stereocenters. The minimum Gasteiger partial charge on any atom is -0.496 e. The second-order valence-electron chi connectivity index (χ2n) is 7.41. The van der Waals surface area contributed by atoms with E-state index in [-0.39, 0.29) is 6.04 Å². The Balaban J connectivity index is 2.01. The van der Waals surface area contributed by atoms with Gasteiger partial charge in [-0.2, -0.15) is 0 Å². The fourth-order valence-electron chi connectivity index (χ4n) is 4.07. The molecule has 6 nitrogen and oxygen atoms in total. The average molecular weight is 390 g/mol. The zero-order valence-corrected chi connectivity index (χ0v) is 18.4. The summed E-state index contributed by atoms with van der Waals surface area (Å²) in [5, 5.41) is 7.04. The summed E-state index contributed by atoms with van der Waals surface area (Å²) in [5.41, 5.74) is 1.24. The summed E-state index contributed by atoms with van der Waals surface area (Å²) in [6.45, 7) is 12.8. The largest absolute Gasteiger partial charge is 0.496 e. The summed E-state index contributed by atoms with van der Waals surface area (Å²) in [5.74, 6) is 1.82. The van der Waals surface area contributed by atoms with Crippen LogP contribution in [0.15, 0.2) is 29.3 Å². The molecule has 2 N–H and O–H groups in total. The third kappa shape index (κ3) is 6.11. The summed E-state index contributed by atoms with van der Waals surface area (Å²) in [7, 11) is 3.59. The zero-order chi connectivity index (χ0) is 20.4. The van der Waals surface area contributed by atoms with Gasteiger partial charge in [-0.25, -0.2) is 0 Å². The Morgan fingerprint density at radius 3 is 2.39 bits per heavy atom. The number of hydrogen-bond acceptors (Lipinski definition) is 4. The van der Waals surface area contributed by atoms with Crippen molar-refractivity contribution in [3.05, 3.63) is 29.8 Å². The number of benzene rings is 1. The topological polar surface area (TPSA) is 52.1 Å². The number of aliphatic imine (C=N–C) groups is 1. The van der Waals surface area contributed by atoms with E-state index < -0.39 is 0 Å². The first-order valence-electron chi connectivity index (χ1n) is 10.7. The molecule has 1 fully saturated rings. The predicted octanol–water partition coefficient (Wildman–Crippen LogP) is 2.73. The van der Waals surface area contributed by atoms with Gasteiger partial charge in [0.15, 0.2) is 5.96 Å². The molecule has 0 aromatic heterocycles. The number of rotatable bonds is 10. The van der Waals surface area contributed by atoms with Crippen molar-refractivity contribution in [3.63, 3.8) is 0 Å². The Morgan fingerprint density at radius 2 is 1.79 bits per heavy atom. The molecule has 2 atom stereocenters. The normalized spacial score (nSPS) is 17.6. The molecule has 0 radical (unpaired) electrons. The lowest BCUT2D eigenvalue weighted by molar-refractivity contribution is 0.230. The van der Waals surface area contributed by atoms with Gasteiger partial charge in [0.2, 0.25) is 0 Å². The summed E-state index contributed by atoms with van der Waals surface area (Å²) >= 11 is 0. The fraction of sp³-hybridized carbons (Fsp3) is 0.682. The number of methoxy groups -OCH3 is 1. The minimum atomic E-state index is 0.275. The number of hydrogen-bond donors (Lipinski definition) is 2. The minimum absolute atomic E-state index is 0.275. The Bertz CT molecular complexity index is 596. The second kappa shape index (κ2) is 11.9. The highest BCUT2D eigenvalue weighted by molar-refractivity contribution is 5.79. The van der Waals surface area contributed by atoms with E-state index in [4.69, 9.17) is 4.74 Å². The van der Waals surface area contributed by atoms with E-state index in [1.165, 1.54) is 18.4 Å². The van der Waals surface area contributed by atoms with E-state index in [1.807, 2.05) is 13.1 Å². The van der Waals surface area contributed by atoms with Crippen LogP contribution in [0.2, 0.25) is 0 Å². The first-order chi connectivity index (χ1) is 13.6. The number of para-hydroxylation sites is 1. The third-order valence-electron chi connectivity index (χ3n) is 5.77. The molecule has 1 aromatic rings. The van der Waals surface area contributed by atoms with E-state index in [2.05, 4.69) is 64.4 Å². The fourth-order valence-corrected chi connectivity index (χ4v) is 4.07. The highest BCUT2D eigenvalue weighted by Crippen LogP contribution is 2.31. The Morgan fingerprint density at radius 1 is 1.14 bits per heavy atom. The first-order valence-corrected chi connectivity index (χ1v) is 10.7. The first kappa shape index (κ1) is 22.5. The van der Waals surface area contributed by atoms with Gasteiger partial charge in [-0.3, -0.25) is 14.8 Å². The number of ether oxygens (including phenoxy) is 1. The standard InChI is InChI=1S/C22H39N5O/c1-6-26(7-2)18(3)16-24-22(23-4)25-17-20(27-14-10-11-15-27)19-12-8-9-13-21(19)28-5/h8-9,12-13,18,20H,6-7,10-11,14-17H2,1-5H3,(H2,23,24,25). The van der Waals surface area contributed by atoms with Crippen LogP contribution >= 0.6 is 0 Å². The van der Waals surface area contributed by atoms with Crippen LogP contribution < -0.4 is 15.4 Å². The van der Waals surface area contributed by atoms with Crippen LogP contribution in [0.4, 0.5) is 0 Å². The van der Waals surface area contributed by atoms with E-state index in [9.17, 15) is 0 Å². The zero-order valence-electron chi connectivity index (χ0n) is 18.4. The molecule has 1 saturated heterocycles. The predicted molar refractivity (Wildman–Crippen MR) is 118 cm³/mol. The molecule has 158 valence electrons. The SMILES string of the molecule is CCN(CC)C(C)CNC(=NC)NCC(c1ccccc1OC)N1CCCC1. The number of likely N-dealkylation sites (tertiary alicyclic amines) is 1. The monoisotopic (exact) mass is 389 g/mol. The Kier molecular flexibility index (Phi) is 9.58. The maximum Gasteiger partial charge on any atom is 0.191 e. The number of likely N-dealkylation sites (N-methyl/N-ethyl adjacent to an activating group) is 1. The summed E-state index contributed by atoms with van der Waals surface area (Å²) in [6, 6.07) is 9.11. The molecule has 6 heteroatoms. The lowest BCUT2D eigenvalue weighted by atomic mass is 10.0. The van der Waals surface area contributed by atoms with Gasteiger partial charge in [-0.15, -0.1) is 0 Å². The number of nitrogens with zero attached hydrogens (tertiary/aromatic N) is 3. The van der Waals surface area contributed by atoms with Crippen LogP contribution in [0, 0.1) is 0 Å². The van der Waals surface area contributed by atoms with Gasteiger partial charge >= 0.3 is 0 Å². The molecule has 0 amide bonds. The lowest BCUT2D eigenvalue weighted by Gasteiger charge is -2.30. The maximum atomic E-state index is 5.64. The van der Waals surface area contributed by atoms with Crippen molar-refractivity contribution in [3.8, 4) is 5.75 Å². The van der Waals surface area contributed by atoms with Gasteiger partial charge in [0, 0.05) is 31.7 Å². The van der Waals surface area contributed by atoms with Gasteiger partial charge in [-0.05, 0) is 52.0 Å². The molecular weight excluding hydrogens is 350 g/mol. The van der Waals surface area contributed by atoms with E-state index in [0.717, 1.165) is 51.0 Å². The van der Waals surface area contributed by atoms with Gasteiger partial charge < -0.3 is 15.4 Å². The van der Waals surface area contributed by atoms with Crippen molar-refractivity contribution in [2.24, 2.45) is 4.99 Å². The van der Waals surface area contributed by atoms with Gasteiger partial charge in [0.05, 0.1) is 13.2 Å². The molecular formula is C22H39N5O. The van der Waals surface area contributed by atoms with Crippen molar-refractivity contribution < 1.29 is 4.74 Å². The Labute approximate surface area is 171 Å². The Hall–Kier alpha value is -1.79. The molecule has 0 aliphatic carbocycles. The highest BCUT2D eigenvalue weighted by Gasteiger charge is 2.26.